The Morgan fingerprint density at radius 1 is 0.958 bits per heavy atom. The highest BCUT2D eigenvalue weighted by Gasteiger charge is 2.13. The predicted octanol–water partition coefficient (Wildman–Crippen LogP) is 4.20. The summed E-state index contributed by atoms with van der Waals surface area (Å²) in [5.41, 5.74) is 2.55. The number of ketones is 1. The third kappa shape index (κ3) is 4.95. The number of Topliss-reactive ketones (excluding diaryl/α,β-unsaturated/α-hetero) is 1. The minimum absolute atomic E-state index is 0.00471. The van der Waals surface area contributed by atoms with Crippen molar-refractivity contribution in [2.75, 3.05) is 11.9 Å². The molecule has 0 fully saturated rings. The molecule has 1 N–H and O–H groups in total. The first-order chi connectivity index (χ1) is 11.3. The van der Waals surface area contributed by atoms with E-state index in [0.717, 1.165) is 0 Å². The molecule has 0 radical (unpaired) electrons. The standard InChI is InChI=1S/C20H23NO3/c1-14(22)15-5-9-17(10-6-15)21-19(23)13-24-18-11-7-16(8-12-18)20(2,3)4/h5-12H,13H2,1-4H3,(H,21,23). The maximum atomic E-state index is 11.9. The van der Waals surface area contributed by atoms with E-state index in [-0.39, 0.29) is 23.7 Å². The minimum atomic E-state index is -0.245. The van der Waals surface area contributed by atoms with Gasteiger partial charge in [0.2, 0.25) is 0 Å². The Labute approximate surface area is 142 Å². The zero-order chi connectivity index (χ0) is 17.7. The average molecular weight is 325 g/mol. The van der Waals surface area contributed by atoms with Gasteiger partial charge in [-0.25, -0.2) is 0 Å². The fraction of sp³-hybridized carbons (Fsp3) is 0.300. The Morgan fingerprint density at radius 3 is 2.04 bits per heavy atom. The molecule has 2 aromatic carbocycles. The van der Waals surface area contributed by atoms with Crippen molar-refractivity contribution in [3.63, 3.8) is 0 Å². The molecule has 2 rings (SSSR count). The summed E-state index contributed by atoms with van der Waals surface area (Å²) in [6, 6.07) is 14.5. The van der Waals surface area contributed by atoms with Crippen LogP contribution in [0.3, 0.4) is 0 Å². The maximum absolute atomic E-state index is 11.9. The second-order valence-electron chi connectivity index (χ2n) is 6.74. The Kier molecular flexibility index (Phi) is 5.39. The molecule has 0 heterocycles. The van der Waals surface area contributed by atoms with E-state index < -0.39 is 0 Å². The van der Waals surface area contributed by atoms with E-state index in [2.05, 4.69) is 26.1 Å². The fourth-order valence-corrected chi connectivity index (χ4v) is 2.19. The van der Waals surface area contributed by atoms with Crippen LogP contribution in [-0.4, -0.2) is 18.3 Å². The number of nitrogens with one attached hydrogen (secondary N) is 1. The smallest absolute Gasteiger partial charge is 0.262 e. The lowest BCUT2D eigenvalue weighted by Crippen LogP contribution is -2.20. The predicted molar refractivity (Wildman–Crippen MR) is 95.7 cm³/mol. The van der Waals surface area contributed by atoms with Gasteiger partial charge in [-0.05, 0) is 54.3 Å². The second kappa shape index (κ2) is 7.30. The molecule has 0 saturated carbocycles. The van der Waals surface area contributed by atoms with Crippen LogP contribution in [-0.2, 0) is 10.2 Å². The molecule has 4 heteroatoms. The number of carbonyl (C=O) groups is 2. The van der Waals surface area contributed by atoms with Crippen molar-refractivity contribution in [1.29, 1.82) is 0 Å². The highest BCUT2D eigenvalue weighted by Crippen LogP contribution is 2.24. The molecule has 126 valence electrons. The van der Waals surface area contributed by atoms with Gasteiger partial charge in [0.1, 0.15) is 5.75 Å². The van der Waals surface area contributed by atoms with Gasteiger partial charge in [0.25, 0.3) is 5.91 Å². The molecule has 0 aliphatic rings. The van der Waals surface area contributed by atoms with Crippen LogP contribution in [0.25, 0.3) is 0 Å². The van der Waals surface area contributed by atoms with Gasteiger partial charge in [0, 0.05) is 11.3 Å². The molecule has 0 atom stereocenters. The fourth-order valence-electron chi connectivity index (χ4n) is 2.19. The molecular weight excluding hydrogens is 302 g/mol. The molecule has 4 nitrogen and oxygen atoms in total. The van der Waals surface area contributed by atoms with E-state index in [1.54, 1.807) is 24.3 Å². The van der Waals surface area contributed by atoms with Crippen molar-refractivity contribution >= 4 is 17.4 Å². The lowest BCUT2D eigenvalue weighted by atomic mass is 9.87. The minimum Gasteiger partial charge on any atom is -0.484 e. The number of amides is 1. The summed E-state index contributed by atoms with van der Waals surface area (Å²) in [6.45, 7) is 7.88. The summed E-state index contributed by atoms with van der Waals surface area (Å²) in [5, 5.41) is 2.74. The monoisotopic (exact) mass is 325 g/mol. The van der Waals surface area contributed by atoms with Crippen LogP contribution in [0, 0.1) is 0 Å². The summed E-state index contributed by atoms with van der Waals surface area (Å²) in [7, 11) is 0. The van der Waals surface area contributed by atoms with E-state index in [9.17, 15) is 9.59 Å². The van der Waals surface area contributed by atoms with Gasteiger partial charge in [-0.1, -0.05) is 32.9 Å². The van der Waals surface area contributed by atoms with E-state index in [0.29, 0.717) is 17.0 Å². The molecule has 0 saturated heterocycles. The quantitative estimate of drug-likeness (QED) is 0.838. The SMILES string of the molecule is CC(=O)c1ccc(NC(=O)COc2ccc(C(C)(C)C)cc2)cc1. The summed E-state index contributed by atoms with van der Waals surface area (Å²) in [6.07, 6.45) is 0. The summed E-state index contributed by atoms with van der Waals surface area (Å²) >= 11 is 0. The molecule has 1 amide bonds. The molecule has 0 aliphatic carbocycles. The Balaban J connectivity index is 1.87. The van der Waals surface area contributed by atoms with Crippen LogP contribution < -0.4 is 10.1 Å². The number of anilines is 1. The molecule has 0 unspecified atom stereocenters. The van der Waals surface area contributed by atoms with Crippen LogP contribution in [0.1, 0.15) is 43.6 Å². The lowest BCUT2D eigenvalue weighted by Gasteiger charge is -2.19. The summed E-state index contributed by atoms with van der Waals surface area (Å²) in [5.74, 6) is 0.408. The number of hydrogen-bond donors (Lipinski definition) is 1. The van der Waals surface area contributed by atoms with E-state index in [4.69, 9.17) is 4.74 Å². The molecule has 2 aromatic rings. The van der Waals surface area contributed by atoms with E-state index in [1.165, 1.54) is 12.5 Å². The maximum Gasteiger partial charge on any atom is 0.262 e. The highest BCUT2D eigenvalue weighted by atomic mass is 16.5. The average Bonchev–Trinajstić information content (AvgIpc) is 2.53. The van der Waals surface area contributed by atoms with Crippen molar-refractivity contribution in [2.45, 2.75) is 33.1 Å². The molecule has 0 bridgehead atoms. The first-order valence-electron chi connectivity index (χ1n) is 7.90. The van der Waals surface area contributed by atoms with Crippen molar-refractivity contribution in [3.8, 4) is 5.75 Å². The van der Waals surface area contributed by atoms with Gasteiger partial charge in [0.05, 0.1) is 0 Å². The molecule has 0 spiro atoms. The van der Waals surface area contributed by atoms with Crippen molar-refractivity contribution < 1.29 is 14.3 Å². The Morgan fingerprint density at radius 2 is 1.54 bits per heavy atom. The normalized spacial score (nSPS) is 11.0. The van der Waals surface area contributed by atoms with E-state index in [1.807, 2.05) is 24.3 Å². The van der Waals surface area contributed by atoms with Crippen LogP contribution >= 0.6 is 0 Å². The topological polar surface area (TPSA) is 55.4 Å². The van der Waals surface area contributed by atoms with Crippen LogP contribution in [0.5, 0.6) is 5.75 Å². The largest absolute Gasteiger partial charge is 0.484 e. The third-order valence-corrected chi connectivity index (χ3v) is 3.67. The van der Waals surface area contributed by atoms with Gasteiger partial charge in [-0.3, -0.25) is 9.59 Å². The number of benzene rings is 2. The third-order valence-electron chi connectivity index (χ3n) is 3.67. The molecule has 0 aromatic heterocycles. The van der Waals surface area contributed by atoms with E-state index >= 15 is 0 Å². The number of hydrogen-bond acceptors (Lipinski definition) is 3. The summed E-state index contributed by atoms with van der Waals surface area (Å²) in [4.78, 5) is 23.1. The first kappa shape index (κ1) is 17.7. The van der Waals surface area contributed by atoms with Gasteiger partial charge >= 0.3 is 0 Å². The highest BCUT2D eigenvalue weighted by molar-refractivity contribution is 5.95. The van der Waals surface area contributed by atoms with Gasteiger partial charge in [-0.15, -0.1) is 0 Å². The zero-order valence-electron chi connectivity index (χ0n) is 14.6. The van der Waals surface area contributed by atoms with Crippen LogP contribution in [0.4, 0.5) is 5.69 Å². The van der Waals surface area contributed by atoms with Crippen molar-refractivity contribution in [1.82, 2.24) is 0 Å². The Bertz CT molecular complexity index is 710. The number of ether oxygens (including phenoxy) is 1. The molecule has 0 aliphatic heterocycles. The second-order valence-corrected chi connectivity index (χ2v) is 6.74. The lowest BCUT2D eigenvalue weighted by molar-refractivity contribution is -0.118. The van der Waals surface area contributed by atoms with Crippen molar-refractivity contribution in [2.24, 2.45) is 0 Å². The summed E-state index contributed by atoms with van der Waals surface area (Å²) < 4.78 is 5.50. The van der Waals surface area contributed by atoms with Crippen LogP contribution in [0.15, 0.2) is 48.5 Å². The zero-order valence-corrected chi connectivity index (χ0v) is 14.6. The molecule has 24 heavy (non-hydrogen) atoms. The van der Waals surface area contributed by atoms with Gasteiger partial charge in [-0.2, -0.15) is 0 Å². The first-order valence-corrected chi connectivity index (χ1v) is 7.90. The van der Waals surface area contributed by atoms with Crippen molar-refractivity contribution in [3.05, 3.63) is 59.7 Å². The van der Waals surface area contributed by atoms with Crippen LogP contribution in [0.2, 0.25) is 0 Å². The Hall–Kier alpha value is -2.62. The number of rotatable bonds is 5. The number of carbonyl (C=O) groups excluding carboxylic acids is 2. The van der Waals surface area contributed by atoms with Gasteiger partial charge < -0.3 is 10.1 Å². The molecular formula is C20H23NO3. The van der Waals surface area contributed by atoms with Gasteiger partial charge in [0.15, 0.2) is 12.4 Å².